The van der Waals surface area contributed by atoms with Gasteiger partial charge in [-0.15, -0.1) is 5.10 Å². The number of aromatic carboxylic acids is 1. The van der Waals surface area contributed by atoms with Crippen molar-refractivity contribution < 1.29 is 19.1 Å². The first-order valence-electron chi connectivity index (χ1n) is 8.22. The third-order valence-electron chi connectivity index (χ3n) is 4.49. The number of aromatic nitrogens is 3. The molecule has 1 unspecified atom stereocenters. The van der Waals surface area contributed by atoms with E-state index < -0.39 is 12.0 Å². The summed E-state index contributed by atoms with van der Waals surface area (Å²) < 4.78 is 15.4. The highest BCUT2D eigenvalue weighted by Crippen LogP contribution is 2.36. The summed E-state index contributed by atoms with van der Waals surface area (Å²) in [5, 5.41) is 18.8. The highest BCUT2D eigenvalue weighted by atomic mass is 19.1. The predicted molar refractivity (Wildman–Crippen MR) is 86.2 cm³/mol. The van der Waals surface area contributed by atoms with Crippen LogP contribution in [0.25, 0.3) is 0 Å². The molecule has 1 aliphatic rings. The topological polar surface area (TPSA) is 97.1 Å². The summed E-state index contributed by atoms with van der Waals surface area (Å²) >= 11 is 0. The van der Waals surface area contributed by atoms with Crippen LogP contribution >= 0.6 is 0 Å². The normalized spacial score (nSPS) is 15.9. The second kappa shape index (κ2) is 7.42. The van der Waals surface area contributed by atoms with Crippen LogP contribution in [-0.4, -0.2) is 32.0 Å². The van der Waals surface area contributed by atoms with Crippen LogP contribution in [0.15, 0.2) is 30.5 Å². The van der Waals surface area contributed by atoms with Crippen LogP contribution in [0.5, 0.6) is 0 Å². The van der Waals surface area contributed by atoms with E-state index in [2.05, 4.69) is 15.6 Å². The molecule has 0 spiro atoms. The predicted octanol–water partition coefficient (Wildman–Crippen LogP) is 2.16. The molecule has 1 aromatic heterocycles. The molecule has 0 aliphatic heterocycles. The van der Waals surface area contributed by atoms with E-state index in [0.29, 0.717) is 5.56 Å². The van der Waals surface area contributed by atoms with Crippen LogP contribution < -0.4 is 5.32 Å². The van der Waals surface area contributed by atoms with Gasteiger partial charge >= 0.3 is 5.97 Å². The molecule has 1 aliphatic carbocycles. The smallest absolute Gasteiger partial charge is 0.358 e. The van der Waals surface area contributed by atoms with Crippen LogP contribution in [0.4, 0.5) is 4.39 Å². The lowest BCUT2D eigenvalue weighted by Gasteiger charge is -2.25. The summed E-state index contributed by atoms with van der Waals surface area (Å²) in [5.74, 6) is -1.72. The first kappa shape index (κ1) is 17.1. The first-order chi connectivity index (χ1) is 12.0. The van der Waals surface area contributed by atoms with Crippen LogP contribution in [-0.2, 0) is 11.3 Å². The maximum Gasteiger partial charge on any atom is 0.358 e. The van der Waals surface area contributed by atoms with Gasteiger partial charge in [0.25, 0.3) is 0 Å². The van der Waals surface area contributed by atoms with Gasteiger partial charge < -0.3 is 10.4 Å². The van der Waals surface area contributed by atoms with E-state index in [9.17, 15) is 14.0 Å². The van der Waals surface area contributed by atoms with Gasteiger partial charge in [0, 0.05) is 5.56 Å². The molecule has 7 nitrogen and oxygen atoms in total. The number of carboxylic acid groups (broad SMARTS) is 1. The molecule has 0 saturated heterocycles. The number of benzene rings is 1. The average Bonchev–Trinajstić information content (AvgIpc) is 3.25. The minimum absolute atomic E-state index is 0.169. The number of hydrogen-bond acceptors (Lipinski definition) is 4. The van der Waals surface area contributed by atoms with E-state index >= 15 is 0 Å². The number of amides is 1. The lowest BCUT2D eigenvalue weighted by atomic mass is 9.91. The lowest BCUT2D eigenvalue weighted by molar-refractivity contribution is -0.123. The summed E-state index contributed by atoms with van der Waals surface area (Å²) in [6.45, 7) is -0.169. The van der Waals surface area contributed by atoms with Crippen molar-refractivity contribution in [2.75, 3.05) is 0 Å². The summed E-state index contributed by atoms with van der Waals surface area (Å²) in [5.41, 5.74) is 0.252. The van der Waals surface area contributed by atoms with Crippen molar-refractivity contribution in [3.63, 3.8) is 0 Å². The number of nitrogens with zero attached hydrogens (tertiary/aromatic N) is 3. The quantitative estimate of drug-likeness (QED) is 0.835. The Morgan fingerprint density at radius 2 is 2.04 bits per heavy atom. The Morgan fingerprint density at radius 1 is 1.32 bits per heavy atom. The Balaban J connectivity index is 1.74. The van der Waals surface area contributed by atoms with Gasteiger partial charge in [-0.3, -0.25) is 4.79 Å². The zero-order chi connectivity index (χ0) is 17.8. The van der Waals surface area contributed by atoms with Gasteiger partial charge in [-0.05, 0) is 24.8 Å². The molecule has 132 valence electrons. The molecule has 8 heteroatoms. The van der Waals surface area contributed by atoms with Crippen molar-refractivity contribution in [2.24, 2.45) is 5.92 Å². The number of rotatable bonds is 6. The fraction of sp³-hybridized carbons (Fsp3) is 0.412. The van der Waals surface area contributed by atoms with Gasteiger partial charge in [-0.25, -0.2) is 13.9 Å². The molecule has 2 aromatic rings. The van der Waals surface area contributed by atoms with Gasteiger partial charge in [0.2, 0.25) is 5.91 Å². The molecule has 1 amide bonds. The van der Waals surface area contributed by atoms with Crippen molar-refractivity contribution in [3.8, 4) is 0 Å². The average molecular weight is 346 g/mol. The second-order valence-electron chi connectivity index (χ2n) is 6.22. The van der Waals surface area contributed by atoms with Gasteiger partial charge in [-0.2, -0.15) is 0 Å². The van der Waals surface area contributed by atoms with Gasteiger partial charge in [0.05, 0.1) is 12.2 Å². The van der Waals surface area contributed by atoms with Crippen molar-refractivity contribution in [3.05, 3.63) is 47.5 Å². The number of nitrogens with one attached hydrogen (secondary N) is 1. The molecule has 1 aromatic carbocycles. The van der Waals surface area contributed by atoms with Gasteiger partial charge in [0.1, 0.15) is 12.4 Å². The van der Waals surface area contributed by atoms with Crippen molar-refractivity contribution in [1.82, 2.24) is 20.3 Å². The fourth-order valence-corrected chi connectivity index (χ4v) is 3.31. The molecule has 25 heavy (non-hydrogen) atoms. The van der Waals surface area contributed by atoms with Crippen LogP contribution in [0, 0.1) is 11.7 Å². The summed E-state index contributed by atoms with van der Waals surface area (Å²) in [6, 6.07) is 6.05. The van der Waals surface area contributed by atoms with Crippen molar-refractivity contribution >= 4 is 11.9 Å². The Labute approximate surface area is 143 Å². The molecule has 1 fully saturated rings. The van der Waals surface area contributed by atoms with E-state index in [1.54, 1.807) is 18.2 Å². The van der Waals surface area contributed by atoms with Crippen LogP contribution in [0.1, 0.15) is 47.8 Å². The highest BCUT2D eigenvalue weighted by Gasteiger charge is 2.29. The van der Waals surface area contributed by atoms with Gasteiger partial charge in [-0.1, -0.05) is 36.3 Å². The lowest BCUT2D eigenvalue weighted by Crippen LogP contribution is -2.35. The number of hydrogen-bond donors (Lipinski definition) is 2. The zero-order valence-corrected chi connectivity index (χ0v) is 13.6. The zero-order valence-electron chi connectivity index (χ0n) is 13.6. The minimum Gasteiger partial charge on any atom is -0.476 e. The molecular formula is C17H19FN4O3. The Morgan fingerprint density at radius 3 is 2.68 bits per heavy atom. The van der Waals surface area contributed by atoms with Crippen LogP contribution in [0.2, 0.25) is 0 Å². The van der Waals surface area contributed by atoms with Crippen molar-refractivity contribution in [2.45, 2.75) is 38.3 Å². The molecule has 2 N–H and O–H groups in total. The minimum atomic E-state index is -1.21. The largest absolute Gasteiger partial charge is 0.476 e. The SMILES string of the molecule is O=C(Cn1cc(C(=O)O)nn1)NC(c1ccccc1F)C1CCCC1. The molecular weight excluding hydrogens is 327 g/mol. The Kier molecular flexibility index (Phi) is 5.06. The Hall–Kier alpha value is -2.77. The third kappa shape index (κ3) is 4.01. The number of halogens is 1. The third-order valence-corrected chi connectivity index (χ3v) is 4.49. The number of carbonyl (C=O) groups is 2. The number of carboxylic acids is 1. The number of carbonyl (C=O) groups excluding carboxylic acids is 1. The van der Waals surface area contributed by atoms with Crippen LogP contribution in [0.3, 0.4) is 0 Å². The van der Waals surface area contributed by atoms with Gasteiger partial charge in [0.15, 0.2) is 5.69 Å². The fourth-order valence-electron chi connectivity index (χ4n) is 3.31. The van der Waals surface area contributed by atoms with E-state index in [1.807, 2.05) is 0 Å². The Bertz CT molecular complexity index is 771. The molecule has 1 atom stereocenters. The maximum atomic E-state index is 14.2. The van der Waals surface area contributed by atoms with E-state index in [-0.39, 0.29) is 29.9 Å². The highest BCUT2D eigenvalue weighted by molar-refractivity contribution is 5.84. The summed E-state index contributed by atoms with van der Waals surface area (Å²) in [7, 11) is 0. The van der Waals surface area contributed by atoms with E-state index in [0.717, 1.165) is 30.4 Å². The van der Waals surface area contributed by atoms with Crippen molar-refractivity contribution in [1.29, 1.82) is 0 Å². The molecule has 1 saturated carbocycles. The standard InChI is InChI=1S/C17H19FN4O3/c18-13-8-4-3-7-12(13)16(11-5-1-2-6-11)19-15(23)10-22-9-14(17(24)25)20-21-22/h3-4,7-9,11,16H,1-2,5-6,10H2,(H,19,23)(H,24,25). The maximum absolute atomic E-state index is 14.2. The monoisotopic (exact) mass is 346 g/mol. The molecule has 3 rings (SSSR count). The van der Waals surface area contributed by atoms with E-state index in [1.165, 1.54) is 12.3 Å². The summed E-state index contributed by atoms with van der Waals surface area (Å²) in [4.78, 5) is 23.2. The first-order valence-corrected chi connectivity index (χ1v) is 8.22. The summed E-state index contributed by atoms with van der Waals surface area (Å²) in [6.07, 6.45) is 5.19. The molecule has 1 heterocycles. The molecule has 0 radical (unpaired) electrons. The molecule has 0 bridgehead atoms. The second-order valence-corrected chi connectivity index (χ2v) is 6.22. The van der Waals surface area contributed by atoms with E-state index in [4.69, 9.17) is 5.11 Å².